The first-order valence-corrected chi connectivity index (χ1v) is 13.0. The van der Waals surface area contributed by atoms with Crippen LogP contribution in [0.15, 0.2) is 41.1 Å². The Morgan fingerprint density at radius 3 is 2.32 bits per heavy atom. The van der Waals surface area contributed by atoms with Crippen LogP contribution in [0.4, 0.5) is 4.79 Å². The van der Waals surface area contributed by atoms with Crippen molar-refractivity contribution in [2.24, 2.45) is 24.8 Å². The SMILES string of the molecule is Cn1cccc1CN(Cc1ccco1)C(=O)CN(C(=O)NC12CC3CC(CC(C3)C1)C2)C1CC1. The molecule has 182 valence electrons. The number of nitrogens with zero attached hydrogens (tertiary/aromatic N) is 3. The molecule has 0 saturated heterocycles. The summed E-state index contributed by atoms with van der Waals surface area (Å²) < 4.78 is 7.57. The van der Waals surface area contributed by atoms with Crippen LogP contribution < -0.4 is 5.32 Å². The predicted octanol–water partition coefficient (Wildman–Crippen LogP) is 4.29. The molecule has 5 aliphatic rings. The van der Waals surface area contributed by atoms with Gasteiger partial charge in [0.05, 0.1) is 19.4 Å². The number of rotatable bonds is 8. The van der Waals surface area contributed by atoms with Crippen molar-refractivity contribution >= 4 is 11.9 Å². The first-order valence-electron chi connectivity index (χ1n) is 13.0. The molecule has 2 aromatic heterocycles. The second-order valence-corrected chi connectivity index (χ2v) is 11.4. The lowest BCUT2D eigenvalue weighted by atomic mass is 9.53. The van der Waals surface area contributed by atoms with Crippen LogP contribution in [-0.2, 0) is 24.9 Å². The van der Waals surface area contributed by atoms with E-state index in [0.717, 1.165) is 61.3 Å². The molecule has 0 aromatic carbocycles. The van der Waals surface area contributed by atoms with Gasteiger partial charge in [0.25, 0.3) is 0 Å². The van der Waals surface area contributed by atoms with Crippen LogP contribution in [-0.4, -0.2) is 44.4 Å². The average Bonchev–Trinajstić information content (AvgIpc) is 3.33. The number of aryl methyl sites for hydroxylation is 1. The van der Waals surface area contributed by atoms with E-state index in [0.29, 0.717) is 13.1 Å². The second kappa shape index (κ2) is 8.51. The van der Waals surface area contributed by atoms with Gasteiger partial charge in [-0.1, -0.05) is 0 Å². The van der Waals surface area contributed by atoms with Crippen molar-refractivity contribution in [1.82, 2.24) is 19.7 Å². The van der Waals surface area contributed by atoms with Crippen LogP contribution in [0.3, 0.4) is 0 Å². The number of aromatic nitrogens is 1. The van der Waals surface area contributed by atoms with Gasteiger partial charge in [0.2, 0.25) is 5.91 Å². The molecule has 1 N–H and O–H groups in total. The first-order chi connectivity index (χ1) is 16.5. The van der Waals surface area contributed by atoms with Crippen molar-refractivity contribution in [3.8, 4) is 0 Å². The molecule has 5 aliphatic carbocycles. The van der Waals surface area contributed by atoms with Gasteiger partial charge in [0.15, 0.2) is 0 Å². The Balaban J connectivity index is 1.16. The Kier molecular flexibility index (Phi) is 5.46. The van der Waals surface area contributed by atoms with Crippen molar-refractivity contribution in [2.75, 3.05) is 6.54 Å². The highest BCUT2D eigenvalue weighted by Gasteiger charge is 2.52. The lowest BCUT2D eigenvalue weighted by Crippen LogP contribution is -2.62. The van der Waals surface area contributed by atoms with Gasteiger partial charge < -0.3 is 24.1 Å². The number of hydrogen-bond acceptors (Lipinski definition) is 3. The van der Waals surface area contributed by atoms with E-state index in [2.05, 4.69) is 5.32 Å². The van der Waals surface area contributed by atoms with Crippen molar-refractivity contribution in [2.45, 2.75) is 76.0 Å². The first kappa shape index (κ1) is 21.8. The van der Waals surface area contributed by atoms with Crippen LogP contribution in [0.25, 0.3) is 0 Å². The number of urea groups is 1. The quantitative estimate of drug-likeness (QED) is 0.634. The smallest absolute Gasteiger partial charge is 0.318 e. The van der Waals surface area contributed by atoms with Gasteiger partial charge in [-0.05, 0) is 93.4 Å². The van der Waals surface area contributed by atoms with Gasteiger partial charge in [-0.3, -0.25) is 4.79 Å². The molecular formula is C27H36N4O3. The zero-order chi connectivity index (χ0) is 23.3. The number of amides is 3. The molecular weight excluding hydrogens is 428 g/mol. The van der Waals surface area contributed by atoms with E-state index < -0.39 is 0 Å². The van der Waals surface area contributed by atoms with Crippen LogP contribution in [0, 0.1) is 17.8 Å². The molecule has 0 aliphatic heterocycles. The Bertz CT molecular complexity index is 1000. The molecule has 7 nitrogen and oxygen atoms in total. The molecule has 2 aromatic rings. The topological polar surface area (TPSA) is 70.7 Å². The molecule has 7 rings (SSSR count). The van der Waals surface area contributed by atoms with Crippen molar-refractivity contribution in [3.05, 3.63) is 48.2 Å². The Labute approximate surface area is 201 Å². The van der Waals surface area contributed by atoms with Gasteiger partial charge in [-0.2, -0.15) is 0 Å². The van der Waals surface area contributed by atoms with Crippen molar-refractivity contribution in [1.29, 1.82) is 0 Å². The Morgan fingerprint density at radius 1 is 1.06 bits per heavy atom. The lowest BCUT2D eigenvalue weighted by Gasteiger charge is -2.57. The maximum absolute atomic E-state index is 13.6. The zero-order valence-electron chi connectivity index (χ0n) is 20.1. The van der Waals surface area contributed by atoms with Crippen LogP contribution in [0.2, 0.25) is 0 Å². The van der Waals surface area contributed by atoms with Gasteiger partial charge in [0.1, 0.15) is 12.3 Å². The van der Waals surface area contributed by atoms with Gasteiger partial charge in [0, 0.05) is 30.5 Å². The van der Waals surface area contributed by atoms with Gasteiger partial charge in [-0.15, -0.1) is 0 Å². The molecule has 2 heterocycles. The fourth-order valence-corrected chi connectivity index (χ4v) is 7.24. The fourth-order valence-electron chi connectivity index (χ4n) is 7.24. The summed E-state index contributed by atoms with van der Waals surface area (Å²) in [4.78, 5) is 30.8. The molecule has 0 unspecified atom stereocenters. The minimum atomic E-state index is -0.0427. The summed E-state index contributed by atoms with van der Waals surface area (Å²) in [6.45, 7) is 0.998. The highest BCUT2D eigenvalue weighted by atomic mass is 16.3. The number of hydrogen-bond donors (Lipinski definition) is 1. The third-order valence-electron chi connectivity index (χ3n) is 8.65. The van der Waals surface area contributed by atoms with E-state index >= 15 is 0 Å². The minimum absolute atomic E-state index is 0.0328. The van der Waals surface area contributed by atoms with Crippen LogP contribution in [0.5, 0.6) is 0 Å². The van der Waals surface area contributed by atoms with Gasteiger partial charge >= 0.3 is 6.03 Å². The summed E-state index contributed by atoms with van der Waals surface area (Å²) >= 11 is 0. The van der Waals surface area contributed by atoms with E-state index in [1.54, 1.807) is 6.26 Å². The van der Waals surface area contributed by atoms with E-state index in [9.17, 15) is 9.59 Å². The molecule has 3 amide bonds. The van der Waals surface area contributed by atoms with E-state index in [-0.39, 0.29) is 30.1 Å². The van der Waals surface area contributed by atoms with Crippen molar-refractivity contribution in [3.63, 3.8) is 0 Å². The Morgan fingerprint density at radius 2 is 1.76 bits per heavy atom. The predicted molar refractivity (Wildman–Crippen MR) is 128 cm³/mol. The number of carbonyl (C=O) groups is 2. The second-order valence-electron chi connectivity index (χ2n) is 11.4. The minimum Gasteiger partial charge on any atom is -0.467 e. The normalized spacial score (nSPS) is 29.3. The summed E-state index contributed by atoms with van der Waals surface area (Å²) in [6.07, 6.45) is 13.0. The molecule has 0 radical (unpaired) electrons. The molecule has 5 fully saturated rings. The molecule has 5 saturated carbocycles. The number of nitrogens with one attached hydrogen (secondary N) is 1. The summed E-state index contributed by atoms with van der Waals surface area (Å²) in [7, 11) is 1.99. The molecule has 0 atom stereocenters. The lowest BCUT2D eigenvalue weighted by molar-refractivity contribution is -0.133. The van der Waals surface area contributed by atoms with Crippen LogP contribution >= 0.6 is 0 Å². The monoisotopic (exact) mass is 464 g/mol. The molecule has 4 bridgehead atoms. The maximum atomic E-state index is 13.6. The summed E-state index contributed by atoms with van der Waals surface area (Å²) in [5, 5.41) is 3.48. The summed E-state index contributed by atoms with van der Waals surface area (Å²) in [5.41, 5.74) is 1.01. The number of carbonyl (C=O) groups excluding carboxylic acids is 2. The molecule has 0 spiro atoms. The fraction of sp³-hybridized carbons (Fsp3) is 0.630. The average molecular weight is 465 g/mol. The van der Waals surface area contributed by atoms with E-state index in [1.165, 1.54) is 19.3 Å². The van der Waals surface area contributed by atoms with Crippen molar-refractivity contribution < 1.29 is 14.0 Å². The summed E-state index contributed by atoms with van der Waals surface area (Å²) in [5.74, 6) is 3.04. The third kappa shape index (κ3) is 4.37. The van der Waals surface area contributed by atoms with E-state index in [4.69, 9.17) is 4.42 Å². The summed E-state index contributed by atoms with van der Waals surface area (Å²) in [6, 6.07) is 7.90. The maximum Gasteiger partial charge on any atom is 0.318 e. The highest BCUT2D eigenvalue weighted by Crippen LogP contribution is 2.55. The standard InChI is InChI=1S/C27H36N4O3/c1-29-8-2-4-23(29)16-30(17-24-5-3-9-34-24)25(32)18-31(22-6-7-22)26(33)28-27-13-19-10-20(14-27)12-21(11-19)15-27/h2-5,8-9,19-22H,6-7,10-18H2,1H3,(H,28,33). The highest BCUT2D eigenvalue weighted by molar-refractivity contribution is 5.85. The zero-order valence-corrected chi connectivity index (χ0v) is 20.1. The molecule has 34 heavy (non-hydrogen) atoms. The van der Waals surface area contributed by atoms with E-state index in [1.807, 2.05) is 51.9 Å². The Hall–Kier alpha value is -2.70. The third-order valence-corrected chi connectivity index (χ3v) is 8.65. The largest absolute Gasteiger partial charge is 0.467 e. The van der Waals surface area contributed by atoms with Gasteiger partial charge in [-0.25, -0.2) is 4.79 Å². The van der Waals surface area contributed by atoms with Crippen LogP contribution in [0.1, 0.15) is 62.8 Å². The molecule has 7 heteroatoms. The number of furan rings is 1.